The van der Waals surface area contributed by atoms with Gasteiger partial charge in [-0.3, -0.25) is 14.4 Å². The quantitative estimate of drug-likeness (QED) is 0.0461. The first-order valence-electron chi connectivity index (χ1n) is 28.2. The summed E-state index contributed by atoms with van der Waals surface area (Å²) in [6.07, 6.45) is 20.2. The number of esters is 4. The maximum absolute atomic E-state index is 16.0. The molecule has 6 rings (SSSR count). The summed E-state index contributed by atoms with van der Waals surface area (Å²) in [5.41, 5.74) is -8.69. The van der Waals surface area contributed by atoms with E-state index in [4.69, 9.17) is 28.4 Å². The number of aliphatic hydroxyl groups excluding tert-OH is 2. The standard InChI is InChI=1S/C65H83NO15/c1-10-11-12-13-14-15-16-17-18-19-20-21-22-23-24-25-26-27-34-39-50(69)78-54-51-43(2)47(77-59(73)53(70)52(45-35-30-28-31-36-45)66-60(74)81-61(4,5)6)41-65(75,62(51,7)8)57(79-58(72)46-37-32-29-33-38-46)55-63(9,56(54)71)48(68)40-49-64(55,42-76-49)80-44(3)67/h11-12,14-15,17-18,20-21,23-24,26-33,35-38,43,47-49,52-53,55,57,68,70,75H,10,13,16,19,22,25,34,39-42H2,1-9H3,(H,66,74). The molecule has 0 spiro atoms. The summed E-state index contributed by atoms with van der Waals surface area (Å²) in [4.78, 5) is 85.9. The summed E-state index contributed by atoms with van der Waals surface area (Å²) in [7, 11) is 0. The smallest absolute Gasteiger partial charge is 0.408 e. The third-order valence-corrected chi connectivity index (χ3v) is 15.9. The second-order valence-electron chi connectivity index (χ2n) is 23.0. The Morgan fingerprint density at radius 3 is 1.86 bits per heavy atom. The van der Waals surface area contributed by atoms with Crippen molar-refractivity contribution in [3.05, 3.63) is 156 Å². The van der Waals surface area contributed by atoms with Gasteiger partial charge in [0, 0.05) is 37.5 Å². The van der Waals surface area contributed by atoms with Crippen LogP contribution in [0.1, 0.15) is 148 Å². The van der Waals surface area contributed by atoms with Crippen LogP contribution >= 0.6 is 0 Å². The van der Waals surface area contributed by atoms with Gasteiger partial charge in [0.15, 0.2) is 17.5 Å². The van der Waals surface area contributed by atoms with Crippen LogP contribution in [0.4, 0.5) is 4.79 Å². The molecule has 1 heterocycles. The Hall–Kier alpha value is -6.72. The number of carbonyl (C=O) groups excluding carboxylic acids is 6. The van der Waals surface area contributed by atoms with E-state index in [9.17, 15) is 39.3 Å². The van der Waals surface area contributed by atoms with Crippen LogP contribution in [0.2, 0.25) is 0 Å². The van der Waals surface area contributed by atoms with Gasteiger partial charge in [0.25, 0.3) is 0 Å². The first-order chi connectivity index (χ1) is 38.4. The highest BCUT2D eigenvalue weighted by molar-refractivity contribution is 6.02. The van der Waals surface area contributed by atoms with Crippen molar-refractivity contribution in [2.24, 2.45) is 22.7 Å². The maximum Gasteiger partial charge on any atom is 0.408 e. The molecule has 0 aromatic heterocycles. The highest BCUT2D eigenvalue weighted by atomic mass is 16.6. The summed E-state index contributed by atoms with van der Waals surface area (Å²) >= 11 is 0. The van der Waals surface area contributed by atoms with Crippen molar-refractivity contribution in [3.63, 3.8) is 0 Å². The number of aliphatic hydroxyl groups is 3. The first kappa shape index (κ1) is 63.5. The summed E-state index contributed by atoms with van der Waals surface area (Å²) in [6.45, 7) is 14.1. The number of allylic oxidation sites excluding steroid dienone is 13. The molecule has 2 bridgehead atoms. The molecule has 438 valence electrons. The molecule has 1 amide bonds. The molecule has 16 heteroatoms. The van der Waals surface area contributed by atoms with Gasteiger partial charge in [-0.1, -0.05) is 149 Å². The van der Waals surface area contributed by atoms with Gasteiger partial charge in [0.2, 0.25) is 5.78 Å². The van der Waals surface area contributed by atoms with E-state index in [0.717, 1.165) is 39.0 Å². The van der Waals surface area contributed by atoms with E-state index in [1.165, 1.54) is 19.1 Å². The molecule has 16 nitrogen and oxygen atoms in total. The number of alkyl carbamates (subject to hydrolysis) is 1. The zero-order valence-corrected chi connectivity index (χ0v) is 48.3. The van der Waals surface area contributed by atoms with Crippen LogP contribution in [-0.2, 0) is 47.6 Å². The molecule has 81 heavy (non-hydrogen) atoms. The van der Waals surface area contributed by atoms with E-state index in [1.807, 2.05) is 24.3 Å². The number of ketones is 1. The molecule has 3 fully saturated rings. The van der Waals surface area contributed by atoms with E-state index in [-0.39, 0.29) is 37.0 Å². The van der Waals surface area contributed by atoms with Crippen molar-refractivity contribution in [3.8, 4) is 0 Å². The van der Waals surface area contributed by atoms with Crippen LogP contribution in [0, 0.1) is 22.7 Å². The number of nitrogens with one attached hydrogen (secondary N) is 1. The van der Waals surface area contributed by atoms with E-state index in [0.29, 0.717) is 12.0 Å². The molecule has 4 N–H and O–H groups in total. The predicted octanol–water partition coefficient (Wildman–Crippen LogP) is 10.5. The minimum absolute atomic E-state index is 0.0107. The fraction of sp³-hybridized carbons (Fsp3) is 0.508. The molecule has 1 saturated heterocycles. The Morgan fingerprint density at radius 1 is 0.802 bits per heavy atom. The Morgan fingerprint density at radius 2 is 1.35 bits per heavy atom. The molecule has 2 aromatic rings. The van der Waals surface area contributed by atoms with Gasteiger partial charge >= 0.3 is 30.0 Å². The number of benzene rings is 2. The highest BCUT2D eigenvalue weighted by Crippen LogP contribution is 2.65. The average molecular weight is 1120 g/mol. The minimum Gasteiger partial charge on any atom is -0.460 e. The van der Waals surface area contributed by atoms with Gasteiger partial charge in [0.1, 0.15) is 29.5 Å². The van der Waals surface area contributed by atoms with Crippen LogP contribution in [0.15, 0.2) is 145 Å². The number of hydrogen-bond acceptors (Lipinski definition) is 15. The number of ether oxygens (including phenoxy) is 6. The van der Waals surface area contributed by atoms with Gasteiger partial charge in [-0.05, 0) is 95.9 Å². The number of hydrogen-bond donors (Lipinski definition) is 4. The SMILES string of the molecule is CCC=CCC=CCC=CCC=CCC=CCC=CCCC(=O)OC1=C2C(C)C(OC(=O)C(O)C(NC(=O)OC(C)(C)C)c3ccccc3)CC(O)(C(OC(=O)c3ccccc3)C3C4(OC(C)=O)COC4CC(O)C3(C)C1=O)C2(C)C. The van der Waals surface area contributed by atoms with Crippen molar-refractivity contribution >= 4 is 35.8 Å². The number of fused-ring (bicyclic) bond motifs is 5. The monoisotopic (exact) mass is 1120 g/mol. The molecular formula is C65H83NO15. The first-order valence-corrected chi connectivity index (χ1v) is 28.2. The molecule has 4 aliphatic rings. The van der Waals surface area contributed by atoms with Crippen LogP contribution in [-0.4, -0.2) is 105 Å². The van der Waals surface area contributed by atoms with Crippen molar-refractivity contribution in [2.75, 3.05) is 6.61 Å². The van der Waals surface area contributed by atoms with E-state index < -0.39 is 124 Å². The minimum atomic E-state index is -2.44. The number of Topliss-reactive ketones (excluding diaryl/α,β-unsaturated/α-hetero) is 1. The van der Waals surface area contributed by atoms with E-state index in [1.54, 1.807) is 90.1 Å². The Labute approximate surface area is 477 Å². The summed E-state index contributed by atoms with van der Waals surface area (Å²) in [5, 5.41) is 40.9. The Kier molecular flexibility index (Phi) is 21.8. The van der Waals surface area contributed by atoms with Gasteiger partial charge in [0.05, 0.1) is 35.6 Å². The zero-order chi connectivity index (χ0) is 59.2. The number of carbonyl (C=O) groups is 6. The predicted molar refractivity (Wildman–Crippen MR) is 305 cm³/mol. The van der Waals surface area contributed by atoms with Crippen LogP contribution in [0.5, 0.6) is 0 Å². The molecule has 1 aliphatic heterocycles. The van der Waals surface area contributed by atoms with Gasteiger partial charge in [-0.25, -0.2) is 14.4 Å². The van der Waals surface area contributed by atoms with E-state index >= 15 is 4.79 Å². The highest BCUT2D eigenvalue weighted by Gasteiger charge is 2.78. The van der Waals surface area contributed by atoms with Crippen LogP contribution in [0.25, 0.3) is 0 Å². The molecule has 0 radical (unpaired) electrons. The van der Waals surface area contributed by atoms with E-state index in [2.05, 4.69) is 60.8 Å². The fourth-order valence-electron chi connectivity index (χ4n) is 11.7. The summed E-state index contributed by atoms with van der Waals surface area (Å²) < 4.78 is 36.6. The lowest BCUT2D eigenvalue weighted by Crippen LogP contribution is -2.81. The van der Waals surface area contributed by atoms with Crippen LogP contribution in [0.3, 0.4) is 0 Å². The van der Waals surface area contributed by atoms with Gasteiger partial charge in [-0.15, -0.1) is 0 Å². The lowest BCUT2D eigenvalue weighted by molar-refractivity contribution is -0.345. The number of amides is 1. The lowest BCUT2D eigenvalue weighted by atomic mass is 9.45. The van der Waals surface area contributed by atoms with Crippen molar-refractivity contribution < 1.29 is 72.5 Å². The Bertz CT molecular complexity index is 2750. The second-order valence-corrected chi connectivity index (χ2v) is 23.0. The molecule has 11 unspecified atom stereocenters. The van der Waals surface area contributed by atoms with Crippen molar-refractivity contribution in [1.82, 2.24) is 5.32 Å². The summed E-state index contributed by atoms with van der Waals surface area (Å²) in [5.74, 6) is -7.97. The largest absolute Gasteiger partial charge is 0.460 e. The molecule has 3 aliphatic carbocycles. The molecular weight excluding hydrogens is 1030 g/mol. The normalized spacial score (nSPS) is 28.0. The molecule has 2 saturated carbocycles. The van der Waals surface area contributed by atoms with Crippen LogP contribution < -0.4 is 5.32 Å². The Balaban J connectivity index is 1.34. The van der Waals surface area contributed by atoms with Gasteiger partial charge < -0.3 is 49.1 Å². The number of rotatable bonds is 23. The topological polar surface area (TPSA) is 231 Å². The second kappa shape index (κ2) is 27.8. The lowest BCUT2D eigenvalue weighted by Gasteiger charge is -2.67. The fourth-order valence-corrected chi connectivity index (χ4v) is 11.7. The third kappa shape index (κ3) is 14.9. The van der Waals surface area contributed by atoms with Crippen molar-refractivity contribution in [1.29, 1.82) is 0 Å². The summed E-state index contributed by atoms with van der Waals surface area (Å²) in [6, 6.07) is 14.6. The molecule has 11 atom stereocenters. The van der Waals surface area contributed by atoms with Crippen molar-refractivity contribution in [2.45, 2.75) is 180 Å². The maximum atomic E-state index is 16.0. The third-order valence-electron chi connectivity index (χ3n) is 15.9. The average Bonchev–Trinajstić information content (AvgIpc) is 1.73. The van der Waals surface area contributed by atoms with Gasteiger partial charge in [-0.2, -0.15) is 0 Å². The molecule has 2 aromatic carbocycles. The zero-order valence-electron chi connectivity index (χ0n) is 48.3.